The molecule has 21 heavy (non-hydrogen) atoms. The van der Waals surface area contributed by atoms with Gasteiger partial charge in [0.2, 0.25) is 0 Å². The molecule has 1 aromatic heterocycles. The molecule has 0 saturated heterocycles. The molecule has 1 heterocycles. The molecular formula is C18H19N3. The van der Waals surface area contributed by atoms with Crippen LogP contribution in [0.15, 0.2) is 42.5 Å². The number of aromatic nitrogens is 2. The Morgan fingerprint density at radius 2 is 2.05 bits per heavy atom. The average molecular weight is 277 g/mol. The summed E-state index contributed by atoms with van der Waals surface area (Å²) in [4.78, 5) is 4.78. The maximum atomic E-state index is 6.18. The first-order chi connectivity index (χ1) is 10.2. The smallest absolute Gasteiger partial charge is 0.114 e. The molecule has 0 bridgehead atoms. The van der Waals surface area contributed by atoms with Gasteiger partial charge in [0.15, 0.2) is 0 Å². The fourth-order valence-electron chi connectivity index (χ4n) is 3.45. The number of benzene rings is 2. The van der Waals surface area contributed by atoms with Gasteiger partial charge in [-0.25, -0.2) is 4.98 Å². The lowest BCUT2D eigenvalue weighted by Gasteiger charge is -2.10. The maximum Gasteiger partial charge on any atom is 0.114 e. The minimum Gasteiger partial charge on any atom is -0.331 e. The summed E-state index contributed by atoms with van der Waals surface area (Å²) in [5, 5.41) is 0. The van der Waals surface area contributed by atoms with Crippen molar-refractivity contribution >= 4 is 11.0 Å². The van der Waals surface area contributed by atoms with Gasteiger partial charge in [0.1, 0.15) is 5.82 Å². The zero-order valence-corrected chi connectivity index (χ0v) is 12.2. The Morgan fingerprint density at radius 1 is 1.19 bits per heavy atom. The van der Waals surface area contributed by atoms with Gasteiger partial charge in [-0.15, -0.1) is 0 Å². The molecule has 1 aliphatic carbocycles. The number of hydrogen-bond acceptors (Lipinski definition) is 2. The van der Waals surface area contributed by atoms with Crippen molar-refractivity contribution in [1.29, 1.82) is 0 Å². The van der Waals surface area contributed by atoms with Crippen LogP contribution in [0.4, 0.5) is 0 Å². The number of hydrogen-bond donors (Lipinski definition) is 1. The molecule has 1 aliphatic rings. The van der Waals surface area contributed by atoms with Gasteiger partial charge in [0.25, 0.3) is 0 Å². The van der Waals surface area contributed by atoms with Crippen molar-refractivity contribution in [1.82, 2.24) is 9.55 Å². The third-order valence-corrected chi connectivity index (χ3v) is 4.64. The Morgan fingerprint density at radius 3 is 2.90 bits per heavy atom. The number of aryl methyl sites for hydroxylation is 1. The molecule has 3 nitrogen and oxygen atoms in total. The van der Waals surface area contributed by atoms with Crippen molar-refractivity contribution in [2.75, 3.05) is 0 Å². The summed E-state index contributed by atoms with van der Waals surface area (Å²) in [5.41, 5.74) is 12.6. The summed E-state index contributed by atoms with van der Waals surface area (Å²) < 4.78 is 2.20. The van der Waals surface area contributed by atoms with Crippen LogP contribution in [0.25, 0.3) is 11.0 Å². The number of nitrogens with zero attached hydrogens (tertiary/aromatic N) is 2. The Hall–Kier alpha value is -2.13. The third-order valence-electron chi connectivity index (χ3n) is 4.64. The quantitative estimate of drug-likeness (QED) is 0.782. The van der Waals surface area contributed by atoms with Crippen LogP contribution in [0.3, 0.4) is 0 Å². The highest BCUT2D eigenvalue weighted by Gasteiger charge is 2.22. The molecular weight excluding hydrogens is 258 g/mol. The predicted molar refractivity (Wildman–Crippen MR) is 85.2 cm³/mol. The van der Waals surface area contributed by atoms with Gasteiger partial charge >= 0.3 is 0 Å². The molecule has 3 heteroatoms. The highest BCUT2D eigenvalue weighted by Crippen LogP contribution is 2.32. The molecule has 1 unspecified atom stereocenters. The van der Waals surface area contributed by atoms with Gasteiger partial charge in [-0.05, 0) is 41.7 Å². The minimum absolute atomic E-state index is 0.209. The normalized spacial score (nSPS) is 17.3. The summed E-state index contributed by atoms with van der Waals surface area (Å²) >= 11 is 0. The SMILES string of the molecule is Cn1c(Cc2cccc3c2CCC3N)nc2ccccc21. The zero-order valence-electron chi connectivity index (χ0n) is 12.2. The van der Waals surface area contributed by atoms with Crippen LogP contribution in [-0.4, -0.2) is 9.55 Å². The number of para-hydroxylation sites is 2. The highest BCUT2D eigenvalue weighted by atomic mass is 15.1. The van der Waals surface area contributed by atoms with Crippen LogP contribution < -0.4 is 5.73 Å². The molecule has 0 spiro atoms. The van der Waals surface area contributed by atoms with Crippen molar-refractivity contribution in [3.63, 3.8) is 0 Å². The molecule has 0 amide bonds. The monoisotopic (exact) mass is 277 g/mol. The zero-order chi connectivity index (χ0) is 14.4. The van der Waals surface area contributed by atoms with Gasteiger partial charge in [0.05, 0.1) is 11.0 Å². The number of fused-ring (bicyclic) bond motifs is 2. The van der Waals surface area contributed by atoms with Crippen molar-refractivity contribution in [3.8, 4) is 0 Å². The fourth-order valence-corrected chi connectivity index (χ4v) is 3.45. The van der Waals surface area contributed by atoms with Crippen LogP contribution in [-0.2, 0) is 19.9 Å². The number of imidazole rings is 1. The van der Waals surface area contributed by atoms with E-state index in [4.69, 9.17) is 10.7 Å². The average Bonchev–Trinajstić information content (AvgIpc) is 3.03. The molecule has 1 atom stereocenters. The lowest BCUT2D eigenvalue weighted by molar-refractivity contribution is 0.713. The lowest BCUT2D eigenvalue weighted by atomic mass is 10.00. The van der Waals surface area contributed by atoms with E-state index in [9.17, 15) is 0 Å². The first kappa shape index (κ1) is 12.6. The van der Waals surface area contributed by atoms with Gasteiger partial charge in [-0.3, -0.25) is 0 Å². The summed E-state index contributed by atoms with van der Waals surface area (Å²) in [7, 11) is 2.10. The van der Waals surface area contributed by atoms with E-state index in [1.165, 1.54) is 22.2 Å². The first-order valence-electron chi connectivity index (χ1n) is 7.50. The second kappa shape index (κ2) is 4.71. The van der Waals surface area contributed by atoms with E-state index in [1.807, 2.05) is 6.07 Å². The van der Waals surface area contributed by atoms with E-state index in [0.29, 0.717) is 0 Å². The Kier molecular flexibility index (Phi) is 2.82. The van der Waals surface area contributed by atoms with Gasteiger partial charge in [0, 0.05) is 19.5 Å². The predicted octanol–water partition coefficient (Wildman–Crippen LogP) is 3.11. The largest absolute Gasteiger partial charge is 0.331 e. The summed E-state index contributed by atoms with van der Waals surface area (Å²) in [6.07, 6.45) is 3.03. The highest BCUT2D eigenvalue weighted by molar-refractivity contribution is 5.75. The van der Waals surface area contributed by atoms with Crippen LogP contribution in [0, 0.1) is 0 Å². The number of nitrogens with two attached hydrogens (primary N) is 1. The minimum atomic E-state index is 0.209. The number of rotatable bonds is 2. The van der Waals surface area contributed by atoms with Gasteiger partial charge in [-0.1, -0.05) is 30.3 Å². The van der Waals surface area contributed by atoms with Crippen LogP contribution in [0.5, 0.6) is 0 Å². The molecule has 4 rings (SSSR count). The lowest BCUT2D eigenvalue weighted by Crippen LogP contribution is -2.06. The molecule has 0 radical (unpaired) electrons. The van der Waals surface area contributed by atoms with Gasteiger partial charge in [-0.2, -0.15) is 0 Å². The summed E-state index contributed by atoms with van der Waals surface area (Å²) in [6.45, 7) is 0. The van der Waals surface area contributed by atoms with E-state index in [-0.39, 0.29) is 6.04 Å². The molecule has 0 saturated carbocycles. The fraction of sp³-hybridized carbons (Fsp3) is 0.278. The van der Waals surface area contributed by atoms with Crippen molar-refractivity contribution in [3.05, 3.63) is 65.0 Å². The molecule has 106 valence electrons. The Bertz CT molecular complexity index is 816. The van der Waals surface area contributed by atoms with E-state index in [0.717, 1.165) is 30.6 Å². The van der Waals surface area contributed by atoms with Crippen molar-refractivity contribution < 1.29 is 0 Å². The molecule has 0 fully saturated rings. The van der Waals surface area contributed by atoms with E-state index in [2.05, 4.69) is 48.0 Å². The van der Waals surface area contributed by atoms with E-state index >= 15 is 0 Å². The molecule has 2 N–H and O–H groups in total. The second-order valence-electron chi connectivity index (χ2n) is 5.88. The van der Waals surface area contributed by atoms with Gasteiger partial charge < -0.3 is 10.3 Å². The van der Waals surface area contributed by atoms with E-state index < -0.39 is 0 Å². The second-order valence-corrected chi connectivity index (χ2v) is 5.88. The molecule has 0 aliphatic heterocycles. The van der Waals surface area contributed by atoms with Crippen molar-refractivity contribution in [2.45, 2.75) is 25.3 Å². The standard InChI is InChI=1S/C18H19N3/c1-21-17-8-3-2-7-16(17)20-18(21)11-12-5-4-6-14-13(12)9-10-15(14)19/h2-8,15H,9-11,19H2,1H3. The molecule has 3 aromatic rings. The van der Waals surface area contributed by atoms with Crippen LogP contribution in [0.2, 0.25) is 0 Å². The maximum absolute atomic E-state index is 6.18. The van der Waals surface area contributed by atoms with Crippen molar-refractivity contribution in [2.24, 2.45) is 12.8 Å². The van der Waals surface area contributed by atoms with Crippen LogP contribution >= 0.6 is 0 Å². The third kappa shape index (κ3) is 1.96. The Balaban J connectivity index is 1.78. The Labute approximate surface area is 124 Å². The van der Waals surface area contributed by atoms with Crippen LogP contribution in [0.1, 0.15) is 35.0 Å². The summed E-state index contributed by atoms with van der Waals surface area (Å²) in [6, 6.07) is 15.0. The topological polar surface area (TPSA) is 43.8 Å². The summed E-state index contributed by atoms with van der Waals surface area (Å²) in [5.74, 6) is 1.12. The first-order valence-corrected chi connectivity index (χ1v) is 7.50. The van der Waals surface area contributed by atoms with E-state index in [1.54, 1.807) is 0 Å². The molecule has 2 aromatic carbocycles.